The fraction of sp³-hybridized carbons (Fsp3) is 0.276. The Bertz CT molecular complexity index is 1650. The minimum absolute atomic E-state index is 0.0224. The zero-order chi connectivity index (χ0) is 28.9. The third kappa shape index (κ3) is 6.05. The Balaban J connectivity index is 1.40. The van der Waals surface area contributed by atoms with Crippen molar-refractivity contribution in [1.29, 1.82) is 5.26 Å². The van der Waals surface area contributed by atoms with Crippen LogP contribution >= 0.6 is 0 Å². The van der Waals surface area contributed by atoms with Gasteiger partial charge in [0, 0.05) is 43.0 Å². The number of fused-ring (bicyclic) bond motifs is 1. The average Bonchev–Trinajstić information content (AvgIpc) is 3.38. The Hall–Kier alpha value is -5.15. The summed E-state index contributed by atoms with van der Waals surface area (Å²) in [5.74, 6) is 0.215. The predicted molar refractivity (Wildman–Crippen MR) is 155 cm³/mol. The number of carbonyl (C=O) groups is 2. The van der Waals surface area contributed by atoms with E-state index in [0.29, 0.717) is 59.1 Å². The van der Waals surface area contributed by atoms with E-state index in [4.69, 9.17) is 16.1 Å². The fourth-order valence-corrected chi connectivity index (χ4v) is 4.81. The number of nitriles is 1. The van der Waals surface area contributed by atoms with Crippen molar-refractivity contribution in [1.82, 2.24) is 34.5 Å². The fourth-order valence-electron chi connectivity index (χ4n) is 4.81. The van der Waals surface area contributed by atoms with Gasteiger partial charge in [0.05, 0.1) is 23.1 Å². The largest absolute Gasteiger partial charge is 0.383 e. The van der Waals surface area contributed by atoms with Gasteiger partial charge in [0.1, 0.15) is 23.7 Å². The number of nitrogens with zero attached hydrogens (tertiary/aromatic N) is 8. The van der Waals surface area contributed by atoms with Gasteiger partial charge in [0.2, 0.25) is 5.91 Å². The van der Waals surface area contributed by atoms with Gasteiger partial charge in [0.25, 0.3) is 5.91 Å². The summed E-state index contributed by atoms with van der Waals surface area (Å²) in [6.07, 6.45) is 8.05. The van der Waals surface area contributed by atoms with E-state index in [0.717, 1.165) is 18.4 Å². The molecule has 1 aliphatic rings. The number of likely N-dealkylation sites (tertiary alicyclic amines) is 1. The van der Waals surface area contributed by atoms with Crippen molar-refractivity contribution in [3.05, 3.63) is 72.2 Å². The van der Waals surface area contributed by atoms with Crippen molar-refractivity contribution in [2.45, 2.75) is 18.9 Å². The molecule has 4 aromatic rings. The van der Waals surface area contributed by atoms with E-state index in [2.05, 4.69) is 20.3 Å². The lowest BCUT2D eigenvalue weighted by Crippen LogP contribution is -2.40. The minimum atomic E-state index is -0.357. The van der Waals surface area contributed by atoms with Crippen LogP contribution in [-0.2, 0) is 4.79 Å². The van der Waals surface area contributed by atoms with Crippen molar-refractivity contribution in [2.75, 3.05) is 44.8 Å². The summed E-state index contributed by atoms with van der Waals surface area (Å²) in [6.45, 7) is 1.88. The van der Waals surface area contributed by atoms with Gasteiger partial charge in [0.15, 0.2) is 5.65 Å². The van der Waals surface area contributed by atoms with Gasteiger partial charge >= 0.3 is 0 Å². The second kappa shape index (κ2) is 11.9. The first kappa shape index (κ1) is 27.4. The topological polar surface area (TPSA) is 159 Å². The highest BCUT2D eigenvalue weighted by Crippen LogP contribution is 2.34. The molecule has 0 unspecified atom stereocenters. The molecule has 3 N–H and O–H groups in total. The third-order valence-electron chi connectivity index (χ3n) is 6.85. The molecule has 3 aromatic heterocycles. The quantitative estimate of drug-likeness (QED) is 0.330. The number of pyridine rings is 1. The van der Waals surface area contributed by atoms with Gasteiger partial charge in [-0.15, -0.1) is 0 Å². The van der Waals surface area contributed by atoms with Crippen LogP contribution < -0.4 is 11.1 Å². The maximum Gasteiger partial charge on any atom is 0.256 e. The maximum absolute atomic E-state index is 12.8. The summed E-state index contributed by atoms with van der Waals surface area (Å²) < 4.78 is 1.85. The highest BCUT2D eigenvalue weighted by atomic mass is 16.2. The van der Waals surface area contributed by atoms with Crippen LogP contribution in [0.15, 0.2) is 61.1 Å². The molecular formula is C29H30N10O2. The molecule has 1 aliphatic heterocycles. The molecule has 41 heavy (non-hydrogen) atoms. The van der Waals surface area contributed by atoms with E-state index in [-0.39, 0.29) is 17.9 Å². The summed E-state index contributed by atoms with van der Waals surface area (Å²) in [5, 5.41) is 17.3. The Labute approximate surface area is 237 Å². The molecule has 1 aromatic carbocycles. The number of carbonyl (C=O) groups excluding carboxylic acids is 2. The number of rotatable bonds is 7. The van der Waals surface area contributed by atoms with Crippen molar-refractivity contribution < 1.29 is 9.59 Å². The molecule has 4 heterocycles. The van der Waals surface area contributed by atoms with Crippen LogP contribution in [0.3, 0.4) is 0 Å². The number of nitrogen functional groups attached to an aromatic ring is 1. The molecule has 1 fully saturated rings. The number of aromatic nitrogens is 5. The highest BCUT2D eigenvalue weighted by Gasteiger charge is 2.28. The number of hydrogen-bond donors (Lipinski definition) is 2. The average molecular weight is 551 g/mol. The van der Waals surface area contributed by atoms with Gasteiger partial charge < -0.3 is 20.9 Å². The van der Waals surface area contributed by atoms with Gasteiger partial charge in [-0.3, -0.25) is 9.59 Å². The molecular weight excluding hydrogens is 520 g/mol. The molecule has 1 saturated heterocycles. The number of likely N-dealkylation sites (N-methyl/N-ethyl adjacent to an activating group) is 1. The van der Waals surface area contributed by atoms with E-state index in [9.17, 15) is 9.59 Å². The predicted octanol–water partition coefficient (Wildman–Crippen LogP) is 2.88. The molecule has 2 amide bonds. The second-order valence-corrected chi connectivity index (χ2v) is 10.1. The molecule has 5 rings (SSSR count). The Morgan fingerprint density at radius 2 is 2.00 bits per heavy atom. The lowest BCUT2D eigenvalue weighted by atomic mass is 10.1. The summed E-state index contributed by atoms with van der Waals surface area (Å²) >= 11 is 0. The van der Waals surface area contributed by atoms with Crippen LogP contribution in [0.5, 0.6) is 0 Å². The maximum atomic E-state index is 12.8. The molecule has 0 saturated carbocycles. The van der Waals surface area contributed by atoms with Crippen LogP contribution in [-0.4, -0.2) is 80.1 Å². The summed E-state index contributed by atoms with van der Waals surface area (Å²) in [4.78, 5) is 42.2. The van der Waals surface area contributed by atoms with E-state index in [1.165, 1.54) is 18.6 Å². The van der Waals surface area contributed by atoms with E-state index < -0.39 is 0 Å². The second-order valence-electron chi connectivity index (χ2n) is 10.1. The summed E-state index contributed by atoms with van der Waals surface area (Å²) in [6, 6.07) is 12.0. The molecule has 0 spiro atoms. The molecule has 1 atom stereocenters. The number of piperidine rings is 1. The zero-order valence-electron chi connectivity index (χ0n) is 22.9. The van der Waals surface area contributed by atoms with Gasteiger partial charge in [-0.2, -0.15) is 10.4 Å². The standard InChI is InChI=1S/C29H30N10O2/c1-37(2)13-4-6-24(40)38-14-3-5-22(17-38)39-28-25(27(31)33-18-34-28)26(36-39)20-7-9-21(10-8-20)29(41)35-23-15-19(16-30)11-12-32-23/h4,6-12,15,18,22H,3,5,13-14,17H2,1-2H3,(H2,31,33,34)(H,32,35,41)/t22-/m1/s1. The normalized spacial score (nSPS) is 15.4. The van der Waals surface area contributed by atoms with Crippen molar-refractivity contribution in [3.63, 3.8) is 0 Å². The number of hydrogen-bond acceptors (Lipinski definition) is 9. The molecule has 208 valence electrons. The Morgan fingerprint density at radius 3 is 2.76 bits per heavy atom. The zero-order valence-corrected chi connectivity index (χ0v) is 22.9. The molecule has 0 bridgehead atoms. The van der Waals surface area contributed by atoms with E-state index >= 15 is 0 Å². The third-order valence-corrected chi connectivity index (χ3v) is 6.85. The van der Waals surface area contributed by atoms with Gasteiger partial charge in [-0.05, 0) is 51.2 Å². The van der Waals surface area contributed by atoms with E-state index in [1.807, 2.05) is 40.7 Å². The van der Waals surface area contributed by atoms with Crippen molar-refractivity contribution in [2.24, 2.45) is 0 Å². The highest BCUT2D eigenvalue weighted by molar-refractivity contribution is 6.04. The van der Waals surface area contributed by atoms with Crippen LogP contribution in [0.25, 0.3) is 22.3 Å². The lowest BCUT2D eigenvalue weighted by Gasteiger charge is -2.32. The summed E-state index contributed by atoms with van der Waals surface area (Å²) in [5.41, 5.74) is 9.06. The number of nitrogens with one attached hydrogen (secondary N) is 1. The van der Waals surface area contributed by atoms with Crippen LogP contribution in [0.1, 0.15) is 34.8 Å². The van der Waals surface area contributed by atoms with Gasteiger partial charge in [-0.25, -0.2) is 19.6 Å². The first-order chi connectivity index (χ1) is 19.8. The number of anilines is 2. The monoisotopic (exact) mass is 550 g/mol. The molecule has 12 nitrogen and oxygen atoms in total. The van der Waals surface area contributed by atoms with E-state index in [1.54, 1.807) is 36.4 Å². The van der Waals surface area contributed by atoms with Crippen molar-refractivity contribution in [3.8, 4) is 17.3 Å². The minimum Gasteiger partial charge on any atom is -0.383 e. The van der Waals surface area contributed by atoms with Crippen LogP contribution in [0, 0.1) is 11.3 Å². The number of amides is 2. The SMILES string of the molecule is CN(C)CC=CC(=O)N1CCC[C@@H](n2nc(-c3ccc(C(=O)Nc4cc(C#N)ccn4)cc3)c3c(N)ncnc32)C1. The molecule has 12 heteroatoms. The lowest BCUT2D eigenvalue weighted by molar-refractivity contribution is -0.127. The van der Waals surface area contributed by atoms with Crippen LogP contribution in [0.4, 0.5) is 11.6 Å². The number of benzene rings is 1. The summed E-state index contributed by atoms with van der Waals surface area (Å²) in [7, 11) is 3.91. The van der Waals surface area contributed by atoms with Crippen molar-refractivity contribution >= 4 is 34.5 Å². The first-order valence-electron chi connectivity index (χ1n) is 13.2. The Morgan fingerprint density at radius 1 is 1.20 bits per heavy atom. The molecule has 0 aliphatic carbocycles. The van der Waals surface area contributed by atoms with Crippen LogP contribution in [0.2, 0.25) is 0 Å². The smallest absolute Gasteiger partial charge is 0.256 e. The number of nitrogens with two attached hydrogens (primary N) is 1. The first-order valence-corrected chi connectivity index (χ1v) is 13.2. The Kier molecular flexibility index (Phi) is 7.98. The van der Waals surface area contributed by atoms with Gasteiger partial charge in [-0.1, -0.05) is 18.2 Å². The molecule has 0 radical (unpaired) electrons.